The van der Waals surface area contributed by atoms with E-state index in [4.69, 9.17) is 4.98 Å². The number of benzene rings is 2. The van der Waals surface area contributed by atoms with Crippen LogP contribution in [0.4, 0.5) is 10.8 Å². The molecule has 1 amide bonds. The van der Waals surface area contributed by atoms with Gasteiger partial charge in [-0.25, -0.2) is 4.98 Å². The first-order valence-corrected chi connectivity index (χ1v) is 10.4. The largest absolute Gasteiger partial charge is 0.335 e. The molecule has 2 aromatic carbocycles. The first-order valence-electron chi connectivity index (χ1n) is 9.61. The highest BCUT2D eigenvalue weighted by atomic mass is 32.1. The van der Waals surface area contributed by atoms with Crippen molar-refractivity contribution in [1.82, 2.24) is 9.36 Å². The molecule has 2 heterocycles. The van der Waals surface area contributed by atoms with Crippen LogP contribution in [0.15, 0.2) is 48.5 Å². The van der Waals surface area contributed by atoms with Crippen molar-refractivity contribution in [2.75, 3.05) is 16.8 Å². The zero-order valence-corrected chi connectivity index (χ0v) is 17.0. The fraction of sp³-hybridized carbons (Fsp3) is 0.318. The van der Waals surface area contributed by atoms with Crippen molar-refractivity contribution in [2.45, 2.75) is 39.2 Å². The number of hydrogen-bond donors (Lipinski definition) is 1. The van der Waals surface area contributed by atoms with E-state index in [0.717, 1.165) is 36.0 Å². The minimum Gasteiger partial charge on any atom is -0.335 e. The van der Waals surface area contributed by atoms with Gasteiger partial charge in [0.05, 0.1) is 0 Å². The van der Waals surface area contributed by atoms with Gasteiger partial charge in [0.2, 0.25) is 11.0 Å². The summed E-state index contributed by atoms with van der Waals surface area (Å²) in [7, 11) is 0. The molecule has 1 aliphatic rings. The van der Waals surface area contributed by atoms with Gasteiger partial charge >= 0.3 is 0 Å². The molecule has 1 fully saturated rings. The van der Waals surface area contributed by atoms with Gasteiger partial charge in [-0.15, -0.1) is 0 Å². The van der Waals surface area contributed by atoms with Crippen LogP contribution < -0.4 is 10.2 Å². The Morgan fingerprint density at radius 3 is 2.79 bits per heavy atom. The number of carbonyl (C=O) groups excluding carboxylic acids is 1. The number of rotatable bonds is 5. The predicted molar refractivity (Wildman–Crippen MR) is 114 cm³/mol. The van der Waals surface area contributed by atoms with Gasteiger partial charge in [0.25, 0.3) is 0 Å². The highest BCUT2D eigenvalue weighted by molar-refractivity contribution is 7.09. The van der Waals surface area contributed by atoms with Gasteiger partial charge in [-0.2, -0.15) is 4.37 Å². The van der Waals surface area contributed by atoms with Crippen LogP contribution in [0.1, 0.15) is 35.4 Å². The molecule has 4 rings (SSSR count). The minimum atomic E-state index is -0.195. The molecule has 1 aromatic heterocycles. The second-order valence-corrected chi connectivity index (χ2v) is 8.03. The fourth-order valence-electron chi connectivity index (χ4n) is 3.52. The molecule has 0 saturated carbocycles. The molecular formula is C22H24N4OS. The van der Waals surface area contributed by atoms with E-state index in [0.29, 0.717) is 6.42 Å². The second kappa shape index (κ2) is 8.10. The Labute approximate surface area is 169 Å². The zero-order chi connectivity index (χ0) is 19.5. The summed E-state index contributed by atoms with van der Waals surface area (Å²) in [6.07, 6.45) is 2.54. The van der Waals surface area contributed by atoms with E-state index in [1.807, 2.05) is 36.4 Å². The summed E-state index contributed by atoms with van der Waals surface area (Å²) >= 11 is 1.38. The predicted octanol–water partition coefficient (Wildman–Crippen LogP) is 4.35. The maximum Gasteiger partial charge on any atom is 0.247 e. The van der Waals surface area contributed by atoms with E-state index >= 15 is 0 Å². The SMILES string of the molecule is Cc1ccc(NC(=O)[C@@H]2CCCN2c2nc(Cc3ccccc3)ns2)cc1C. The van der Waals surface area contributed by atoms with Crippen LogP contribution >= 0.6 is 11.5 Å². The molecule has 1 aliphatic heterocycles. The van der Waals surface area contributed by atoms with Crippen molar-refractivity contribution >= 4 is 28.3 Å². The average Bonchev–Trinajstić information content (AvgIpc) is 3.35. The molecule has 0 spiro atoms. The van der Waals surface area contributed by atoms with Crippen molar-refractivity contribution in [3.8, 4) is 0 Å². The van der Waals surface area contributed by atoms with E-state index in [-0.39, 0.29) is 11.9 Å². The third-order valence-corrected chi connectivity index (χ3v) is 6.03. The number of amides is 1. The number of hydrogen-bond acceptors (Lipinski definition) is 5. The number of anilines is 2. The molecule has 0 aliphatic carbocycles. The quantitative estimate of drug-likeness (QED) is 0.701. The van der Waals surface area contributed by atoms with Crippen molar-refractivity contribution in [1.29, 1.82) is 0 Å². The lowest BCUT2D eigenvalue weighted by molar-refractivity contribution is -0.117. The summed E-state index contributed by atoms with van der Waals surface area (Å²) in [4.78, 5) is 19.7. The van der Waals surface area contributed by atoms with Gasteiger partial charge in [-0.1, -0.05) is 36.4 Å². The van der Waals surface area contributed by atoms with Gasteiger partial charge in [0.15, 0.2) is 0 Å². The molecule has 1 saturated heterocycles. The van der Waals surface area contributed by atoms with Crippen molar-refractivity contribution in [2.24, 2.45) is 0 Å². The van der Waals surface area contributed by atoms with Gasteiger partial charge in [-0.05, 0) is 55.5 Å². The lowest BCUT2D eigenvalue weighted by Crippen LogP contribution is -2.39. The Morgan fingerprint density at radius 1 is 1.18 bits per heavy atom. The van der Waals surface area contributed by atoms with E-state index < -0.39 is 0 Å². The van der Waals surface area contributed by atoms with Crippen LogP contribution in [0.25, 0.3) is 0 Å². The van der Waals surface area contributed by atoms with Crippen molar-refractivity contribution < 1.29 is 4.79 Å². The number of nitrogens with one attached hydrogen (secondary N) is 1. The first-order chi connectivity index (χ1) is 13.6. The number of carbonyl (C=O) groups is 1. The molecule has 0 bridgehead atoms. The fourth-order valence-corrected chi connectivity index (χ4v) is 4.29. The van der Waals surface area contributed by atoms with Gasteiger partial charge in [0.1, 0.15) is 11.9 Å². The average molecular weight is 393 g/mol. The van der Waals surface area contributed by atoms with Gasteiger partial charge < -0.3 is 10.2 Å². The van der Waals surface area contributed by atoms with Crippen molar-refractivity contribution in [3.05, 3.63) is 71.0 Å². The molecule has 5 nitrogen and oxygen atoms in total. The summed E-state index contributed by atoms with van der Waals surface area (Å²) in [6, 6.07) is 16.0. The zero-order valence-electron chi connectivity index (χ0n) is 16.2. The Bertz CT molecular complexity index is 970. The van der Waals surface area contributed by atoms with E-state index in [2.05, 4.69) is 40.6 Å². The molecule has 144 valence electrons. The lowest BCUT2D eigenvalue weighted by Gasteiger charge is -2.22. The topological polar surface area (TPSA) is 58.1 Å². The summed E-state index contributed by atoms with van der Waals surface area (Å²) < 4.78 is 4.51. The number of aromatic nitrogens is 2. The Morgan fingerprint density at radius 2 is 2.00 bits per heavy atom. The molecule has 28 heavy (non-hydrogen) atoms. The summed E-state index contributed by atoms with van der Waals surface area (Å²) in [5.74, 6) is 0.840. The molecule has 1 atom stereocenters. The Balaban J connectivity index is 1.46. The highest BCUT2D eigenvalue weighted by Gasteiger charge is 2.33. The first kappa shape index (κ1) is 18.6. The number of nitrogens with zero attached hydrogens (tertiary/aromatic N) is 3. The van der Waals surface area contributed by atoms with E-state index in [1.165, 1.54) is 28.2 Å². The standard InChI is InChI=1S/C22H24N4OS/c1-15-10-11-18(13-16(15)2)23-21(27)19-9-6-12-26(19)22-24-20(25-28-22)14-17-7-4-3-5-8-17/h3-5,7-8,10-11,13,19H,6,9,12,14H2,1-2H3,(H,23,27)/t19-/m0/s1. The second-order valence-electron chi connectivity index (χ2n) is 7.30. The summed E-state index contributed by atoms with van der Waals surface area (Å²) in [5.41, 5.74) is 4.44. The smallest absolute Gasteiger partial charge is 0.247 e. The summed E-state index contributed by atoms with van der Waals surface area (Å²) in [6.45, 7) is 4.97. The van der Waals surface area contributed by atoms with Crippen LogP contribution in [-0.2, 0) is 11.2 Å². The van der Waals surface area contributed by atoms with Gasteiger partial charge in [-0.3, -0.25) is 4.79 Å². The van der Waals surface area contributed by atoms with Gasteiger partial charge in [0, 0.05) is 30.2 Å². The minimum absolute atomic E-state index is 0.0283. The van der Waals surface area contributed by atoms with Crippen LogP contribution in [0.2, 0.25) is 0 Å². The molecule has 1 N–H and O–H groups in total. The summed E-state index contributed by atoms with van der Waals surface area (Å²) in [5, 5.41) is 3.91. The van der Waals surface area contributed by atoms with Crippen LogP contribution in [0, 0.1) is 13.8 Å². The highest BCUT2D eigenvalue weighted by Crippen LogP contribution is 2.28. The molecule has 0 radical (unpaired) electrons. The lowest BCUT2D eigenvalue weighted by atomic mass is 10.1. The monoisotopic (exact) mass is 392 g/mol. The number of aryl methyl sites for hydroxylation is 2. The van der Waals surface area contributed by atoms with E-state index in [9.17, 15) is 4.79 Å². The molecule has 0 unspecified atom stereocenters. The molecule has 3 aromatic rings. The third-order valence-electron chi connectivity index (χ3n) is 5.24. The van der Waals surface area contributed by atoms with Crippen LogP contribution in [0.5, 0.6) is 0 Å². The van der Waals surface area contributed by atoms with Crippen molar-refractivity contribution in [3.63, 3.8) is 0 Å². The Kier molecular flexibility index (Phi) is 5.39. The third kappa shape index (κ3) is 4.07. The van der Waals surface area contributed by atoms with Crippen LogP contribution in [-0.4, -0.2) is 27.9 Å². The molecular weight excluding hydrogens is 368 g/mol. The van der Waals surface area contributed by atoms with E-state index in [1.54, 1.807) is 0 Å². The molecule has 6 heteroatoms. The Hall–Kier alpha value is -2.73. The maximum atomic E-state index is 12.9. The van der Waals surface area contributed by atoms with Crippen LogP contribution in [0.3, 0.4) is 0 Å². The normalized spacial score (nSPS) is 16.4. The maximum absolute atomic E-state index is 12.9.